The first-order chi connectivity index (χ1) is 10.1. The molecular formula is C10H11IN8O2. The fourth-order valence-corrected chi connectivity index (χ4v) is 3.11. The number of hydrogen-bond donors (Lipinski definition) is 2. The molecule has 1 aliphatic rings. The number of imidazole rings is 1. The molecule has 0 saturated carbocycles. The van der Waals surface area contributed by atoms with E-state index in [2.05, 4.69) is 25.0 Å². The largest absolute Gasteiger partial charge is 0.390 e. The first-order valence-electron chi connectivity index (χ1n) is 6.03. The third kappa shape index (κ3) is 2.27. The topological polar surface area (TPSA) is 148 Å². The highest BCUT2D eigenvalue weighted by Gasteiger charge is 2.48. The van der Waals surface area contributed by atoms with Crippen LogP contribution in [0.5, 0.6) is 0 Å². The van der Waals surface area contributed by atoms with Gasteiger partial charge in [0.05, 0.1) is 18.6 Å². The molecule has 3 heterocycles. The lowest BCUT2D eigenvalue weighted by Gasteiger charge is -2.24. The predicted octanol–water partition coefficient (Wildman–Crippen LogP) is 1.13. The number of fused-ring (bicyclic) bond motifs is 1. The van der Waals surface area contributed by atoms with Crippen LogP contribution in [0.25, 0.3) is 21.6 Å². The number of anilines is 1. The smallest absolute Gasteiger partial charge is 0.222 e. The van der Waals surface area contributed by atoms with Crippen LogP contribution in [-0.4, -0.2) is 40.9 Å². The van der Waals surface area contributed by atoms with Crippen molar-refractivity contribution in [3.63, 3.8) is 0 Å². The minimum absolute atomic E-state index is 0.123. The fourth-order valence-electron chi connectivity index (χ4n) is 2.27. The highest BCUT2D eigenvalue weighted by atomic mass is 127. The number of nitrogen functional groups attached to an aromatic ring is 1. The van der Waals surface area contributed by atoms with Crippen molar-refractivity contribution in [2.75, 3.05) is 10.2 Å². The molecule has 0 spiro atoms. The number of aliphatic hydroxyl groups excluding tert-OH is 1. The van der Waals surface area contributed by atoms with E-state index >= 15 is 0 Å². The van der Waals surface area contributed by atoms with Gasteiger partial charge in [-0.1, -0.05) is 27.7 Å². The van der Waals surface area contributed by atoms with Crippen LogP contribution in [0.15, 0.2) is 17.6 Å². The Kier molecular flexibility index (Phi) is 3.57. The lowest BCUT2D eigenvalue weighted by molar-refractivity contribution is -0.0795. The lowest BCUT2D eigenvalue weighted by atomic mass is 10.1. The quantitative estimate of drug-likeness (QED) is 0.259. The van der Waals surface area contributed by atoms with Crippen molar-refractivity contribution in [1.29, 1.82) is 0 Å². The number of hydrogen-bond acceptors (Lipinski definition) is 7. The number of aromatic nitrogens is 4. The van der Waals surface area contributed by atoms with Gasteiger partial charge in [-0.3, -0.25) is 4.57 Å². The number of halogens is 1. The van der Waals surface area contributed by atoms with E-state index < -0.39 is 18.1 Å². The van der Waals surface area contributed by atoms with Crippen LogP contribution in [0.1, 0.15) is 12.6 Å². The van der Waals surface area contributed by atoms with Crippen LogP contribution < -0.4 is 5.73 Å². The van der Waals surface area contributed by atoms with E-state index in [0.29, 0.717) is 15.6 Å². The van der Waals surface area contributed by atoms with Gasteiger partial charge in [-0.2, -0.15) is 4.98 Å². The van der Waals surface area contributed by atoms with Gasteiger partial charge in [0.15, 0.2) is 11.4 Å². The average molecular weight is 402 g/mol. The summed E-state index contributed by atoms with van der Waals surface area (Å²) in [6, 6.07) is 0. The predicted molar refractivity (Wildman–Crippen MR) is 81.2 cm³/mol. The Morgan fingerprint density at radius 1 is 1.67 bits per heavy atom. The average Bonchev–Trinajstić information content (AvgIpc) is 3.01. The number of alkyl halides is 1. The summed E-state index contributed by atoms with van der Waals surface area (Å²) < 4.78 is 7.77. The molecule has 0 amide bonds. The normalized spacial score (nSPS) is 28.7. The van der Waals surface area contributed by atoms with Crippen LogP contribution in [0, 0.1) is 0 Å². The molecule has 3 rings (SSSR count). The first kappa shape index (κ1) is 14.3. The van der Waals surface area contributed by atoms with Gasteiger partial charge in [-0.05, 0) is 5.53 Å². The Morgan fingerprint density at radius 3 is 3.19 bits per heavy atom. The number of rotatable bonds is 3. The highest BCUT2D eigenvalue weighted by molar-refractivity contribution is 14.1. The first-order valence-corrected chi connectivity index (χ1v) is 7.55. The molecule has 2 aromatic heterocycles. The van der Waals surface area contributed by atoms with Gasteiger partial charge < -0.3 is 15.6 Å². The SMILES string of the molecule is [N-]=[N+]=N[C@]1(CI)O[C@H](n2cnc3cnc(N)nc32)C[C@@H]1O. The van der Waals surface area contributed by atoms with E-state index in [4.69, 9.17) is 16.0 Å². The Morgan fingerprint density at radius 2 is 2.48 bits per heavy atom. The summed E-state index contributed by atoms with van der Waals surface area (Å²) >= 11 is 2.01. The molecule has 0 aromatic carbocycles. The number of nitrogens with two attached hydrogens (primary N) is 1. The van der Waals surface area contributed by atoms with Crippen LogP contribution >= 0.6 is 22.6 Å². The van der Waals surface area contributed by atoms with Crippen molar-refractivity contribution >= 4 is 39.7 Å². The summed E-state index contributed by atoms with van der Waals surface area (Å²) in [6.07, 6.45) is 1.86. The van der Waals surface area contributed by atoms with Gasteiger partial charge in [-0.25, -0.2) is 9.97 Å². The van der Waals surface area contributed by atoms with Crippen LogP contribution in [0.2, 0.25) is 0 Å². The minimum Gasteiger partial charge on any atom is -0.390 e. The van der Waals surface area contributed by atoms with Crippen LogP contribution in [-0.2, 0) is 4.74 Å². The van der Waals surface area contributed by atoms with Gasteiger partial charge in [0.25, 0.3) is 0 Å². The van der Waals surface area contributed by atoms with E-state index in [-0.39, 0.29) is 12.4 Å². The van der Waals surface area contributed by atoms with Crippen molar-refractivity contribution < 1.29 is 9.84 Å². The summed E-state index contributed by atoms with van der Waals surface area (Å²) in [5.74, 6) is 0.123. The molecule has 1 aliphatic heterocycles. The molecule has 0 unspecified atom stereocenters. The molecule has 1 saturated heterocycles. The zero-order chi connectivity index (χ0) is 15.0. The fraction of sp³-hybridized carbons (Fsp3) is 0.500. The molecule has 0 bridgehead atoms. The molecule has 3 N–H and O–H groups in total. The van der Waals surface area contributed by atoms with Gasteiger partial charge in [0.2, 0.25) is 5.95 Å². The van der Waals surface area contributed by atoms with Gasteiger partial charge in [-0.15, -0.1) is 0 Å². The third-order valence-corrected chi connectivity index (χ3v) is 4.43. The summed E-state index contributed by atoms with van der Waals surface area (Å²) in [6.45, 7) is 0. The summed E-state index contributed by atoms with van der Waals surface area (Å²) in [4.78, 5) is 14.9. The molecule has 110 valence electrons. The lowest BCUT2D eigenvalue weighted by Crippen LogP contribution is -2.38. The Hall–Kier alpha value is -1.69. The Balaban J connectivity index is 2.01. The monoisotopic (exact) mass is 402 g/mol. The molecule has 11 heteroatoms. The molecule has 3 atom stereocenters. The third-order valence-electron chi connectivity index (χ3n) is 3.34. The van der Waals surface area contributed by atoms with Gasteiger partial charge >= 0.3 is 0 Å². The van der Waals surface area contributed by atoms with E-state index in [9.17, 15) is 5.11 Å². The summed E-state index contributed by atoms with van der Waals surface area (Å²) in [5.41, 5.74) is 14.0. The standard InChI is InChI=1S/C10H11IN8O2/c11-3-10(17-18-13)6(20)1-7(21-10)19-4-15-5-2-14-9(12)16-8(5)19/h2,4,6-7,20H,1,3H2,(H2,12,14,16)/t6-,7-,10+/m0/s1. The van der Waals surface area contributed by atoms with Crippen LogP contribution in [0.4, 0.5) is 5.95 Å². The number of azide groups is 1. The molecule has 10 nitrogen and oxygen atoms in total. The van der Waals surface area contributed by atoms with E-state index in [0.717, 1.165) is 0 Å². The maximum absolute atomic E-state index is 10.2. The minimum atomic E-state index is -1.28. The van der Waals surface area contributed by atoms with Crippen molar-refractivity contribution in [3.8, 4) is 0 Å². The maximum atomic E-state index is 10.2. The van der Waals surface area contributed by atoms with Crippen molar-refractivity contribution in [3.05, 3.63) is 23.0 Å². The molecule has 2 aromatic rings. The summed E-state index contributed by atoms with van der Waals surface area (Å²) in [5, 5.41) is 13.8. The molecule has 21 heavy (non-hydrogen) atoms. The summed E-state index contributed by atoms with van der Waals surface area (Å²) in [7, 11) is 0. The van der Waals surface area contributed by atoms with E-state index in [1.165, 1.54) is 12.5 Å². The van der Waals surface area contributed by atoms with E-state index in [1.54, 1.807) is 4.57 Å². The second-order valence-electron chi connectivity index (χ2n) is 4.58. The van der Waals surface area contributed by atoms with E-state index in [1.807, 2.05) is 22.6 Å². The Bertz CT molecular complexity index is 729. The molecule has 1 fully saturated rings. The number of aliphatic hydroxyl groups is 1. The zero-order valence-electron chi connectivity index (χ0n) is 10.7. The molecular weight excluding hydrogens is 391 g/mol. The Labute approximate surface area is 132 Å². The van der Waals surface area contributed by atoms with Crippen molar-refractivity contribution in [1.82, 2.24) is 19.5 Å². The molecule has 0 aliphatic carbocycles. The number of nitrogens with zero attached hydrogens (tertiary/aromatic N) is 7. The molecule has 0 radical (unpaired) electrons. The maximum Gasteiger partial charge on any atom is 0.222 e. The van der Waals surface area contributed by atoms with Crippen LogP contribution in [0.3, 0.4) is 0 Å². The van der Waals surface area contributed by atoms with Gasteiger partial charge in [0, 0.05) is 15.8 Å². The second-order valence-corrected chi connectivity index (χ2v) is 5.34. The highest BCUT2D eigenvalue weighted by Crippen LogP contribution is 2.40. The number of ether oxygens (including phenoxy) is 1. The second kappa shape index (κ2) is 5.26. The zero-order valence-corrected chi connectivity index (χ0v) is 12.8. The van der Waals surface area contributed by atoms with Crippen molar-refractivity contribution in [2.45, 2.75) is 24.5 Å². The van der Waals surface area contributed by atoms with Gasteiger partial charge in [0.1, 0.15) is 11.7 Å². The van der Waals surface area contributed by atoms with Crippen molar-refractivity contribution in [2.24, 2.45) is 5.11 Å².